The molecular formula is C14H13ClFNO3S. The first-order valence-electron chi connectivity index (χ1n) is 6.07. The van der Waals surface area contributed by atoms with Gasteiger partial charge in [0.1, 0.15) is 10.7 Å². The van der Waals surface area contributed by atoms with E-state index in [9.17, 15) is 17.9 Å². The molecule has 0 heterocycles. The first-order chi connectivity index (χ1) is 9.94. The van der Waals surface area contributed by atoms with Gasteiger partial charge in [-0.15, -0.1) is 0 Å². The minimum Gasteiger partial charge on any atom is -0.394 e. The van der Waals surface area contributed by atoms with E-state index in [1.54, 1.807) is 30.3 Å². The fraction of sp³-hybridized carbons (Fsp3) is 0.143. The predicted octanol–water partition coefficient (Wildman–Crippen LogP) is 2.49. The summed E-state index contributed by atoms with van der Waals surface area (Å²) in [7, 11) is -4.11. The molecule has 2 N–H and O–H groups in total. The van der Waals surface area contributed by atoms with Crippen molar-refractivity contribution in [2.24, 2.45) is 0 Å². The summed E-state index contributed by atoms with van der Waals surface area (Å²) in [6.07, 6.45) is 0. The second kappa shape index (κ2) is 6.53. The summed E-state index contributed by atoms with van der Waals surface area (Å²) in [4.78, 5) is -0.513. The van der Waals surface area contributed by atoms with E-state index in [0.717, 1.165) is 12.1 Å². The minimum absolute atomic E-state index is 0.105. The third-order valence-corrected chi connectivity index (χ3v) is 4.61. The Kier molecular flexibility index (Phi) is 4.95. The molecule has 0 aromatic heterocycles. The number of rotatable bonds is 5. The number of hydrogen-bond acceptors (Lipinski definition) is 3. The lowest BCUT2D eigenvalue weighted by molar-refractivity contribution is 0.258. The van der Waals surface area contributed by atoms with Gasteiger partial charge in [-0.1, -0.05) is 41.9 Å². The molecule has 0 aliphatic carbocycles. The van der Waals surface area contributed by atoms with Crippen molar-refractivity contribution in [3.05, 3.63) is 64.9 Å². The zero-order valence-electron chi connectivity index (χ0n) is 10.8. The molecule has 0 bridgehead atoms. The Bertz CT molecular complexity index is 722. The highest BCUT2D eigenvalue weighted by Gasteiger charge is 2.23. The van der Waals surface area contributed by atoms with Crippen molar-refractivity contribution in [1.29, 1.82) is 0 Å². The van der Waals surface area contributed by atoms with Crippen LogP contribution in [0.25, 0.3) is 0 Å². The van der Waals surface area contributed by atoms with Gasteiger partial charge in [0, 0.05) is 5.02 Å². The molecule has 1 atom stereocenters. The van der Waals surface area contributed by atoms with Crippen LogP contribution in [0.2, 0.25) is 5.02 Å². The first kappa shape index (κ1) is 15.9. The molecule has 7 heteroatoms. The minimum atomic E-state index is -4.11. The van der Waals surface area contributed by atoms with Gasteiger partial charge in [0.2, 0.25) is 10.0 Å². The Morgan fingerprint density at radius 2 is 1.86 bits per heavy atom. The highest BCUT2D eigenvalue weighted by atomic mass is 35.5. The molecule has 0 unspecified atom stereocenters. The van der Waals surface area contributed by atoms with Crippen molar-refractivity contribution in [3.63, 3.8) is 0 Å². The van der Waals surface area contributed by atoms with Gasteiger partial charge in [-0.3, -0.25) is 0 Å². The van der Waals surface area contributed by atoms with E-state index in [-0.39, 0.29) is 5.02 Å². The summed E-state index contributed by atoms with van der Waals surface area (Å²) in [6.45, 7) is -0.446. The maximum atomic E-state index is 13.7. The molecular weight excluding hydrogens is 317 g/mol. The Morgan fingerprint density at radius 1 is 1.19 bits per heavy atom. The van der Waals surface area contributed by atoms with Crippen molar-refractivity contribution >= 4 is 21.6 Å². The van der Waals surface area contributed by atoms with Crippen molar-refractivity contribution in [1.82, 2.24) is 4.72 Å². The smallest absolute Gasteiger partial charge is 0.244 e. The Balaban J connectivity index is 2.32. The van der Waals surface area contributed by atoms with Crippen LogP contribution in [0.3, 0.4) is 0 Å². The lowest BCUT2D eigenvalue weighted by Gasteiger charge is -2.17. The number of benzene rings is 2. The summed E-state index contributed by atoms with van der Waals surface area (Å²) in [5.41, 5.74) is 0.581. The molecule has 0 aliphatic heterocycles. The van der Waals surface area contributed by atoms with Crippen LogP contribution < -0.4 is 4.72 Å². The van der Waals surface area contributed by atoms with E-state index in [2.05, 4.69) is 4.72 Å². The zero-order valence-corrected chi connectivity index (χ0v) is 12.4. The topological polar surface area (TPSA) is 66.4 Å². The van der Waals surface area contributed by atoms with E-state index in [0.29, 0.717) is 5.56 Å². The molecule has 0 saturated heterocycles. The van der Waals surface area contributed by atoms with Gasteiger partial charge >= 0.3 is 0 Å². The lowest BCUT2D eigenvalue weighted by Crippen LogP contribution is -2.31. The van der Waals surface area contributed by atoms with Gasteiger partial charge in [0.05, 0.1) is 12.6 Å². The Hall–Kier alpha value is -1.47. The number of halogens is 2. The SMILES string of the molecule is O=S(=O)(N[C@H](CO)c1ccccc1)c1ccc(Cl)cc1F. The van der Waals surface area contributed by atoms with Gasteiger partial charge in [0.25, 0.3) is 0 Å². The number of nitrogens with one attached hydrogen (secondary N) is 1. The van der Waals surface area contributed by atoms with Crippen LogP contribution in [0.5, 0.6) is 0 Å². The van der Waals surface area contributed by atoms with Crippen molar-refractivity contribution in [2.45, 2.75) is 10.9 Å². The van der Waals surface area contributed by atoms with Crippen LogP contribution >= 0.6 is 11.6 Å². The normalized spacial score (nSPS) is 13.1. The molecule has 0 radical (unpaired) electrons. The van der Waals surface area contributed by atoms with Gasteiger partial charge in [-0.05, 0) is 23.8 Å². The number of aliphatic hydroxyl groups is 1. The van der Waals surface area contributed by atoms with Crippen LogP contribution in [0.4, 0.5) is 4.39 Å². The standard InChI is InChI=1S/C14H13ClFNO3S/c15-11-6-7-14(12(16)8-11)21(19,20)17-13(9-18)10-4-2-1-3-5-10/h1-8,13,17-18H,9H2/t13-/m1/s1. The largest absolute Gasteiger partial charge is 0.394 e. The first-order valence-corrected chi connectivity index (χ1v) is 7.93. The summed E-state index contributed by atoms with van der Waals surface area (Å²) in [6, 6.07) is 11.0. The fourth-order valence-corrected chi connectivity index (χ4v) is 3.27. The third kappa shape index (κ3) is 3.79. The predicted molar refractivity (Wildman–Crippen MR) is 78.0 cm³/mol. The summed E-state index contributed by atoms with van der Waals surface area (Å²) in [5.74, 6) is -0.945. The lowest BCUT2D eigenvalue weighted by atomic mass is 10.1. The van der Waals surface area contributed by atoms with Crippen LogP contribution in [0.1, 0.15) is 11.6 Å². The highest BCUT2D eigenvalue weighted by molar-refractivity contribution is 7.89. The van der Waals surface area contributed by atoms with E-state index in [4.69, 9.17) is 11.6 Å². The maximum absolute atomic E-state index is 13.7. The second-order valence-corrected chi connectivity index (χ2v) is 6.46. The van der Waals surface area contributed by atoms with E-state index < -0.39 is 33.4 Å². The molecule has 21 heavy (non-hydrogen) atoms. The molecule has 0 spiro atoms. The van der Waals surface area contributed by atoms with Crippen LogP contribution in [-0.4, -0.2) is 20.1 Å². The molecule has 112 valence electrons. The van der Waals surface area contributed by atoms with E-state index >= 15 is 0 Å². The third-order valence-electron chi connectivity index (χ3n) is 2.87. The monoisotopic (exact) mass is 329 g/mol. The Labute approximate surface area is 127 Å². The average Bonchev–Trinajstić information content (AvgIpc) is 2.45. The van der Waals surface area contributed by atoms with E-state index in [1.807, 2.05) is 0 Å². The molecule has 0 amide bonds. The molecule has 0 saturated carbocycles. The molecule has 2 rings (SSSR count). The van der Waals surface area contributed by atoms with Crippen molar-refractivity contribution in [2.75, 3.05) is 6.61 Å². The molecule has 0 aliphatic rings. The van der Waals surface area contributed by atoms with Gasteiger partial charge in [-0.25, -0.2) is 17.5 Å². The molecule has 4 nitrogen and oxygen atoms in total. The van der Waals surface area contributed by atoms with Crippen LogP contribution in [0, 0.1) is 5.82 Å². The Morgan fingerprint density at radius 3 is 2.43 bits per heavy atom. The summed E-state index contributed by atoms with van der Waals surface area (Å²) in [5, 5.41) is 9.47. The zero-order chi connectivity index (χ0) is 15.5. The average molecular weight is 330 g/mol. The second-order valence-electron chi connectivity index (χ2n) is 4.34. The van der Waals surface area contributed by atoms with Crippen LogP contribution in [-0.2, 0) is 10.0 Å². The summed E-state index contributed by atoms with van der Waals surface area (Å²) < 4.78 is 40.4. The number of hydrogen-bond donors (Lipinski definition) is 2. The van der Waals surface area contributed by atoms with Crippen molar-refractivity contribution < 1.29 is 17.9 Å². The number of sulfonamides is 1. The summed E-state index contributed by atoms with van der Waals surface area (Å²) >= 11 is 5.60. The molecule has 2 aromatic rings. The maximum Gasteiger partial charge on any atom is 0.244 e. The molecule has 2 aromatic carbocycles. The van der Waals surface area contributed by atoms with Crippen molar-refractivity contribution in [3.8, 4) is 0 Å². The van der Waals surface area contributed by atoms with E-state index in [1.165, 1.54) is 6.07 Å². The van der Waals surface area contributed by atoms with Gasteiger partial charge in [0.15, 0.2) is 0 Å². The fourth-order valence-electron chi connectivity index (χ4n) is 1.84. The molecule has 0 fully saturated rings. The van der Waals surface area contributed by atoms with Gasteiger partial charge < -0.3 is 5.11 Å². The van der Waals surface area contributed by atoms with Gasteiger partial charge in [-0.2, -0.15) is 0 Å². The highest BCUT2D eigenvalue weighted by Crippen LogP contribution is 2.21. The number of aliphatic hydroxyl groups excluding tert-OH is 1. The quantitative estimate of drug-likeness (QED) is 0.885. The van der Waals surface area contributed by atoms with Crippen LogP contribution in [0.15, 0.2) is 53.4 Å².